The van der Waals surface area contributed by atoms with Gasteiger partial charge in [-0.2, -0.15) is 0 Å². The van der Waals surface area contributed by atoms with E-state index in [1.54, 1.807) is 0 Å². The molecule has 3 rings (SSSR count). The fourth-order valence-corrected chi connectivity index (χ4v) is 3.60. The molecule has 138 valence electrons. The van der Waals surface area contributed by atoms with Crippen LogP contribution < -0.4 is 10.9 Å². The molecule has 0 spiro atoms. The summed E-state index contributed by atoms with van der Waals surface area (Å²) in [6.45, 7) is 1.50. The van der Waals surface area contributed by atoms with Gasteiger partial charge in [-0.1, -0.05) is 0 Å². The average Bonchev–Trinajstić information content (AvgIpc) is 3.20. The molecule has 1 aromatic rings. The van der Waals surface area contributed by atoms with Crippen molar-refractivity contribution in [2.45, 2.75) is 32.0 Å². The van der Waals surface area contributed by atoms with Gasteiger partial charge in [-0.15, -0.1) is 0 Å². The summed E-state index contributed by atoms with van der Waals surface area (Å²) in [6, 6.07) is 3.81. The van der Waals surface area contributed by atoms with E-state index in [4.69, 9.17) is 4.74 Å². The number of nitrogens with zero attached hydrogens (tertiary/aromatic N) is 1. The zero-order valence-corrected chi connectivity index (χ0v) is 13.8. The topological polar surface area (TPSA) is 148 Å². The smallest absolute Gasteiger partial charge is 0.310 e. The normalized spacial score (nSPS) is 26.3. The summed E-state index contributed by atoms with van der Waals surface area (Å²) < 4.78 is 5.50. The highest BCUT2D eigenvalue weighted by molar-refractivity contribution is 5.96. The van der Waals surface area contributed by atoms with Gasteiger partial charge >= 0.3 is 5.97 Å². The molecule has 0 saturated carbocycles. The highest BCUT2D eigenvalue weighted by atomic mass is 16.6. The molecule has 2 bridgehead atoms. The molecular formula is C16H17N3O7. The van der Waals surface area contributed by atoms with Crippen molar-refractivity contribution in [3.8, 4) is 0 Å². The van der Waals surface area contributed by atoms with Crippen molar-refractivity contribution in [2.75, 3.05) is 0 Å². The van der Waals surface area contributed by atoms with Gasteiger partial charge in [-0.25, -0.2) is 0 Å². The molecule has 1 aromatic carbocycles. The van der Waals surface area contributed by atoms with E-state index in [9.17, 15) is 29.6 Å². The first-order chi connectivity index (χ1) is 12.3. The van der Waals surface area contributed by atoms with Crippen LogP contribution in [0.4, 0.5) is 5.69 Å². The fourth-order valence-electron chi connectivity index (χ4n) is 3.60. The second kappa shape index (κ2) is 6.71. The Morgan fingerprint density at radius 3 is 2.42 bits per heavy atom. The van der Waals surface area contributed by atoms with Crippen LogP contribution in [0.3, 0.4) is 0 Å². The van der Waals surface area contributed by atoms with Crippen molar-refractivity contribution in [3.05, 3.63) is 39.4 Å². The van der Waals surface area contributed by atoms with Crippen LogP contribution in [0.2, 0.25) is 0 Å². The highest BCUT2D eigenvalue weighted by Gasteiger charge is 2.55. The predicted molar refractivity (Wildman–Crippen MR) is 86.0 cm³/mol. The van der Waals surface area contributed by atoms with Gasteiger partial charge in [0.1, 0.15) is 0 Å². The standard InChI is InChI=1S/C16H17N3O7/c1-7-6-8(2-3-9(7)19(24)25)14(20)17-18-15(21)12-10-4-5-11(26-10)13(12)16(22)23/h2-3,6,10-13H,4-5H2,1H3,(H,17,20)(H,18,21)(H,22,23)/t10-,11+,12+,13-/m0/s1. The zero-order valence-electron chi connectivity index (χ0n) is 13.8. The van der Waals surface area contributed by atoms with Crippen molar-refractivity contribution in [1.82, 2.24) is 10.9 Å². The van der Waals surface area contributed by atoms with Gasteiger partial charge in [0.05, 0.1) is 29.0 Å². The van der Waals surface area contributed by atoms with Gasteiger partial charge in [0, 0.05) is 17.2 Å². The van der Waals surface area contributed by atoms with E-state index in [0.717, 1.165) is 0 Å². The molecule has 0 aromatic heterocycles. The molecule has 0 radical (unpaired) electrons. The molecule has 2 saturated heterocycles. The van der Waals surface area contributed by atoms with Crippen molar-refractivity contribution in [2.24, 2.45) is 11.8 Å². The second-order valence-corrected chi connectivity index (χ2v) is 6.38. The Labute approximate surface area is 147 Å². The lowest BCUT2D eigenvalue weighted by atomic mass is 9.79. The lowest BCUT2D eigenvalue weighted by molar-refractivity contribution is -0.385. The number of hydrogen-bond acceptors (Lipinski definition) is 6. The molecular weight excluding hydrogens is 346 g/mol. The summed E-state index contributed by atoms with van der Waals surface area (Å²) in [7, 11) is 0. The van der Waals surface area contributed by atoms with Crippen LogP contribution in [-0.4, -0.2) is 40.0 Å². The lowest BCUT2D eigenvalue weighted by Crippen LogP contribution is -2.50. The van der Waals surface area contributed by atoms with Crippen LogP contribution in [0.25, 0.3) is 0 Å². The maximum absolute atomic E-state index is 12.3. The van der Waals surface area contributed by atoms with Crippen LogP contribution in [0.5, 0.6) is 0 Å². The summed E-state index contributed by atoms with van der Waals surface area (Å²) in [4.78, 5) is 46.1. The van der Waals surface area contributed by atoms with Gasteiger partial charge in [-0.3, -0.25) is 35.3 Å². The molecule has 26 heavy (non-hydrogen) atoms. The Hall–Kier alpha value is -3.01. The number of nitro groups is 1. The Kier molecular flexibility index (Phi) is 4.60. The fraction of sp³-hybridized carbons (Fsp3) is 0.438. The first-order valence-corrected chi connectivity index (χ1v) is 8.03. The maximum atomic E-state index is 12.3. The van der Waals surface area contributed by atoms with Gasteiger partial charge in [0.25, 0.3) is 11.6 Å². The highest BCUT2D eigenvalue weighted by Crippen LogP contribution is 2.43. The summed E-state index contributed by atoms with van der Waals surface area (Å²) in [5.74, 6) is -4.20. The summed E-state index contributed by atoms with van der Waals surface area (Å²) in [5, 5.41) is 20.1. The van der Waals surface area contributed by atoms with Crippen LogP contribution in [0, 0.1) is 28.9 Å². The third kappa shape index (κ3) is 3.10. The number of carboxylic acid groups (broad SMARTS) is 1. The van der Waals surface area contributed by atoms with Crippen LogP contribution in [-0.2, 0) is 14.3 Å². The van der Waals surface area contributed by atoms with Gasteiger partial charge in [0.2, 0.25) is 5.91 Å². The van der Waals surface area contributed by atoms with Crippen molar-refractivity contribution >= 4 is 23.5 Å². The van der Waals surface area contributed by atoms with Crippen LogP contribution >= 0.6 is 0 Å². The van der Waals surface area contributed by atoms with E-state index in [2.05, 4.69) is 10.9 Å². The number of aryl methyl sites for hydroxylation is 1. The summed E-state index contributed by atoms with van der Waals surface area (Å²) in [5.41, 5.74) is 4.77. The Balaban J connectivity index is 1.64. The predicted octanol–water partition coefficient (Wildman–Crippen LogP) is 0.542. The molecule has 2 aliphatic rings. The van der Waals surface area contributed by atoms with Gasteiger partial charge in [-0.05, 0) is 31.9 Å². The van der Waals surface area contributed by atoms with E-state index in [0.29, 0.717) is 18.4 Å². The van der Waals surface area contributed by atoms with E-state index >= 15 is 0 Å². The third-order valence-corrected chi connectivity index (χ3v) is 4.82. The molecule has 3 N–H and O–H groups in total. The summed E-state index contributed by atoms with van der Waals surface area (Å²) >= 11 is 0. The van der Waals surface area contributed by atoms with Gasteiger partial charge < -0.3 is 9.84 Å². The number of fused-ring (bicyclic) bond motifs is 2. The molecule has 10 heteroatoms. The van der Waals surface area contributed by atoms with Crippen molar-refractivity contribution in [1.29, 1.82) is 0 Å². The van der Waals surface area contributed by atoms with Crippen molar-refractivity contribution in [3.63, 3.8) is 0 Å². The number of hydrogen-bond donors (Lipinski definition) is 3. The number of carbonyl (C=O) groups is 3. The minimum Gasteiger partial charge on any atom is -0.481 e. The molecule has 0 aliphatic carbocycles. The number of nitrogens with one attached hydrogen (secondary N) is 2. The Morgan fingerprint density at radius 1 is 1.19 bits per heavy atom. The molecule has 4 atom stereocenters. The maximum Gasteiger partial charge on any atom is 0.310 e. The molecule has 10 nitrogen and oxygen atoms in total. The number of ether oxygens (including phenoxy) is 1. The van der Waals surface area contributed by atoms with Crippen LogP contribution in [0.1, 0.15) is 28.8 Å². The average molecular weight is 363 g/mol. The molecule has 2 heterocycles. The van der Waals surface area contributed by atoms with E-state index < -0.39 is 46.8 Å². The largest absolute Gasteiger partial charge is 0.481 e. The van der Waals surface area contributed by atoms with E-state index in [1.165, 1.54) is 25.1 Å². The first-order valence-electron chi connectivity index (χ1n) is 8.03. The Bertz CT molecular complexity index is 794. The first kappa shape index (κ1) is 17.8. The minimum atomic E-state index is -1.10. The SMILES string of the molecule is Cc1cc(C(=O)NNC(=O)[C@H]2[C@@H](C(=O)O)[C@H]3CC[C@@H]2O3)ccc1[N+](=O)[O-]. The number of hydrazine groups is 1. The van der Waals surface area contributed by atoms with Gasteiger partial charge in [0.15, 0.2) is 0 Å². The second-order valence-electron chi connectivity index (χ2n) is 6.38. The number of carboxylic acids is 1. The number of nitro benzene ring substituents is 1. The number of aliphatic carboxylic acids is 1. The van der Waals surface area contributed by atoms with E-state index in [-0.39, 0.29) is 11.3 Å². The van der Waals surface area contributed by atoms with Crippen LogP contribution in [0.15, 0.2) is 18.2 Å². The molecule has 2 aliphatic heterocycles. The number of carbonyl (C=O) groups excluding carboxylic acids is 2. The summed E-state index contributed by atoms with van der Waals surface area (Å²) in [6.07, 6.45) is 0.239. The minimum absolute atomic E-state index is 0.117. The zero-order chi connectivity index (χ0) is 19.0. The molecule has 2 fully saturated rings. The molecule has 2 amide bonds. The number of benzene rings is 1. The van der Waals surface area contributed by atoms with E-state index in [1.807, 2.05) is 0 Å². The quantitative estimate of drug-likeness (QED) is 0.522. The Morgan fingerprint density at radius 2 is 1.85 bits per heavy atom. The lowest BCUT2D eigenvalue weighted by Gasteiger charge is -2.23. The third-order valence-electron chi connectivity index (χ3n) is 4.82. The monoisotopic (exact) mass is 363 g/mol. The van der Waals surface area contributed by atoms with Crippen molar-refractivity contribution < 1.29 is 29.2 Å². The number of amides is 2. The molecule has 0 unspecified atom stereocenters. The number of rotatable bonds is 4.